The van der Waals surface area contributed by atoms with Crippen LogP contribution in [0.1, 0.15) is 5.56 Å². The summed E-state index contributed by atoms with van der Waals surface area (Å²) in [6, 6.07) is 9.44. The lowest BCUT2D eigenvalue weighted by Crippen LogP contribution is -2.04. The average Bonchev–Trinajstić information content (AvgIpc) is 2.27. The van der Waals surface area contributed by atoms with Crippen molar-refractivity contribution in [2.75, 3.05) is 5.73 Å². The largest absolute Gasteiger partial charge is 0.507 e. The third-order valence-electron chi connectivity index (χ3n) is 2.52. The van der Waals surface area contributed by atoms with Crippen molar-refractivity contribution in [1.82, 2.24) is 0 Å². The van der Waals surface area contributed by atoms with Crippen LogP contribution < -0.4 is 5.73 Å². The number of rotatable bonds is 1. The van der Waals surface area contributed by atoms with Crippen LogP contribution in [0.4, 0.5) is 18.9 Å². The van der Waals surface area contributed by atoms with Gasteiger partial charge in [0, 0.05) is 11.3 Å². The zero-order valence-electron chi connectivity index (χ0n) is 9.20. The van der Waals surface area contributed by atoms with Gasteiger partial charge in [0.2, 0.25) is 0 Å². The van der Waals surface area contributed by atoms with Crippen LogP contribution in [0.25, 0.3) is 11.1 Å². The van der Waals surface area contributed by atoms with Crippen LogP contribution in [0, 0.1) is 0 Å². The first-order valence-corrected chi connectivity index (χ1v) is 5.14. The molecule has 94 valence electrons. The van der Waals surface area contributed by atoms with Crippen LogP contribution in [0.5, 0.6) is 5.75 Å². The van der Waals surface area contributed by atoms with Gasteiger partial charge >= 0.3 is 6.18 Å². The highest BCUT2D eigenvalue weighted by molar-refractivity contribution is 5.73. The predicted octanol–water partition coefficient (Wildman–Crippen LogP) is 3.66. The number of aromatic hydroxyl groups is 1. The molecule has 0 radical (unpaired) electrons. The summed E-state index contributed by atoms with van der Waals surface area (Å²) in [6.45, 7) is 0. The Hall–Kier alpha value is -2.17. The van der Waals surface area contributed by atoms with Gasteiger partial charge in [-0.25, -0.2) is 0 Å². The average molecular weight is 253 g/mol. The summed E-state index contributed by atoms with van der Waals surface area (Å²) in [5.74, 6) is -0.421. The van der Waals surface area contributed by atoms with Crippen molar-refractivity contribution in [3.05, 3.63) is 48.0 Å². The second-order valence-electron chi connectivity index (χ2n) is 3.86. The first kappa shape index (κ1) is 12.3. The van der Waals surface area contributed by atoms with Crippen LogP contribution >= 0.6 is 0 Å². The predicted molar refractivity (Wildman–Crippen MR) is 63.0 cm³/mol. The number of anilines is 1. The van der Waals surface area contributed by atoms with Gasteiger partial charge in [0.05, 0.1) is 5.56 Å². The molecule has 2 aromatic rings. The van der Waals surface area contributed by atoms with E-state index in [0.717, 1.165) is 6.07 Å². The fourth-order valence-corrected chi connectivity index (χ4v) is 1.66. The van der Waals surface area contributed by atoms with E-state index in [1.807, 2.05) is 0 Å². The Kier molecular flexibility index (Phi) is 2.90. The second kappa shape index (κ2) is 4.25. The molecule has 5 heteroatoms. The third kappa shape index (κ3) is 2.40. The highest BCUT2D eigenvalue weighted by Crippen LogP contribution is 2.36. The normalized spacial score (nSPS) is 11.5. The van der Waals surface area contributed by atoms with Crippen molar-refractivity contribution in [3.8, 4) is 16.9 Å². The summed E-state index contributed by atoms with van der Waals surface area (Å²) in [7, 11) is 0. The molecule has 0 aliphatic heterocycles. The zero-order valence-corrected chi connectivity index (χ0v) is 9.20. The number of nitrogens with two attached hydrogens (primary N) is 1. The number of phenolic OH excluding ortho intramolecular Hbond substituents is 1. The van der Waals surface area contributed by atoms with Gasteiger partial charge < -0.3 is 10.8 Å². The van der Waals surface area contributed by atoms with Gasteiger partial charge in [0.15, 0.2) is 0 Å². The molecule has 2 rings (SSSR count). The molecule has 0 aliphatic carbocycles. The first-order chi connectivity index (χ1) is 8.38. The summed E-state index contributed by atoms with van der Waals surface area (Å²) < 4.78 is 37.3. The Labute approximate surface area is 101 Å². The van der Waals surface area contributed by atoms with E-state index >= 15 is 0 Å². The maximum atomic E-state index is 12.4. The topological polar surface area (TPSA) is 46.2 Å². The van der Waals surface area contributed by atoms with Crippen LogP contribution in [0.3, 0.4) is 0 Å². The Balaban J connectivity index is 2.48. The van der Waals surface area contributed by atoms with Crippen molar-refractivity contribution in [2.24, 2.45) is 0 Å². The summed E-state index contributed by atoms with van der Waals surface area (Å²) >= 11 is 0. The molecule has 0 saturated heterocycles. The monoisotopic (exact) mass is 253 g/mol. The van der Waals surface area contributed by atoms with Crippen LogP contribution in [-0.2, 0) is 6.18 Å². The lowest BCUT2D eigenvalue weighted by molar-refractivity contribution is -0.137. The van der Waals surface area contributed by atoms with E-state index in [-0.39, 0.29) is 0 Å². The standard InChI is InChI=1S/C13H10F3NO/c14-13(15,16)9-4-5-11(12(18)7-9)8-2-1-3-10(17)6-8/h1-7,18H,17H2. The SMILES string of the molecule is Nc1cccc(-c2ccc(C(F)(F)F)cc2O)c1. The van der Waals surface area contributed by atoms with Crippen molar-refractivity contribution in [2.45, 2.75) is 6.18 Å². The van der Waals surface area contributed by atoms with Gasteiger partial charge in [-0.2, -0.15) is 13.2 Å². The molecule has 0 spiro atoms. The van der Waals surface area contributed by atoms with Crippen LogP contribution in [-0.4, -0.2) is 5.11 Å². The van der Waals surface area contributed by atoms with Gasteiger partial charge in [0.25, 0.3) is 0 Å². The molecule has 0 amide bonds. The van der Waals surface area contributed by atoms with E-state index in [1.165, 1.54) is 6.07 Å². The van der Waals surface area contributed by atoms with E-state index in [9.17, 15) is 18.3 Å². The Morgan fingerprint density at radius 2 is 1.72 bits per heavy atom. The van der Waals surface area contributed by atoms with Gasteiger partial charge in [-0.05, 0) is 29.8 Å². The minimum absolute atomic E-state index is 0.315. The smallest absolute Gasteiger partial charge is 0.416 e. The summed E-state index contributed by atoms with van der Waals surface area (Å²) in [4.78, 5) is 0. The van der Waals surface area contributed by atoms with Crippen molar-refractivity contribution in [1.29, 1.82) is 0 Å². The quantitative estimate of drug-likeness (QED) is 0.762. The highest BCUT2D eigenvalue weighted by atomic mass is 19.4. The number of nitrogen functional groups attached to an aromatic ring is 1. The number of halogens is 3. The van der Waals surface area contributed by atoms with Gasteiger partial charge in [-0.15, -0.1) is 0 Å². The molecular formula is C13H10F3NO. The molecule has 0 heterocycles. The fourth-order valence-electron chi connectivity index (χ4n) is 1.66. The lowest BCUT2D eigenvalue weighted by atomic mass is 10.0. The maximum absolute atomic E-state index is 12.4. The molecule has 0 atom stereocenters. The van der Waals surface area contributed by atoms with E-state index in [1.54, 1.807) is 24.3 Å². The Morgan fingerprint density at radius 1 is 1.00 bits per heavy atom. The number of hydrogen-bond acceptors (Lipinski definition) is 2. The third-order valence-corrected chi connectivity index (χ3v) is 2.52. The molecule has 0 unspecified atom stereocenters. The van der Waals surface area contributed by atoms with Crippen molar-refractivity contribution >= 4 is 5.69 Å². The molecule has 0 fully saturated rings. The van der Waals surface area contributed by atoms with Crippen molar-refractivity contribution in [3.63, 3.8) is 0 Å². The molecule has 3 N–H and O–H groups in total. The Bertz CT molecular complexity index is 579. The molecule has 18 heavy (non-hydrogen) atoms. The van der Waals surface area contributed by atoms with Gasteiger partial charge in [0.1, 0.15) is 5.75 Å². The number of hydrogen-bond donors (Lipinski definition) is 2. The maximum Gasteiger partial charge on any atom is 0.416 e. The highest BCUT2D eigenvalue weighted by Gasteiger charge is 2.31. The number of alkyl halides is 3. The molecule has 0 aliphatic rings. The second-order valence-corrected chi connectivity index (χ2v) is 3.86. The fraction of sp³-hybridized carbons (Fsp3) is 0.0769. The summed E-state index contributed by atoms with van der Waals surface area (Å²) in [5, 5.41) is 9.66. The molecule has 2 aromatic carbocycles. The van der Waals surface area contributed by atoms with Gasteiger partial charge in [-0.3, -0.25) is 0 Å². The lowest BCUT2D eigenvalue weighted by Gasteiger charge is -2.10. The molecule has 0 aromatic heterocycles. The van der Waals surface area contributed by atoms with E-state index < -0.39 is 17.5 Å². The molecule has 0 saturated carbocycles. The summed E-state index contributed by atoms with van der Waals surface area (Å²) in [6.07, 6.45) is -4.47. The molecule has 2 nitrogen and oxygen atoms in total. The first-order valence-electron chi connectivity index (χ1n) is 5.14. The Morgan fingerprint density at radius 3 is 2.28 bits per heavy atom. The molecule has 0 bridgehead atoms. The number of phenols is 1. The summed E-state index contributed by atoms with van der Waals surface area (Å²) in [5.41, 5.74) is 6.07. The van der Waals surface area contributed by atoms with E-state index in [2.05, 4.69) is 0 Å². The zero-order chi connectivity index (χ0) is 13.3. The van der Waals surface area contributed by atoms with Crippen molar-refractivity contribution < 1.29 is 18.3 Å². The minimum Gasteiger partial charge on any atom is -0.507 e. The van der Waals surface area contributed by atoms with E-state index in [4.69, 9.17) is 5.73 Å². The minimum atomic E-state index is -4.47. The van der Waals surface area contributed by atoms with E-state index in [0.29, 0.717) is 22.9 Å². The van der Waals surface area contributed by atoms with Crippen LogP contribution in [0.15, 0.2) is 42.5 Å². The number of benzene rings is 2. The van der Waals surface area contributed by atoms with Crippen LogP contribution in [0.2, 0.25) is 0 Å². The van der Waals surface area contributed by atoms with Gasteiger partial charge in [-0.1, -0.05) is 18.2 Å². The molecular weight excluding hydrogens is 243 g/mol.